The first-order valence-corrected chi connectivity index (χ1v) is 8.71. The van der Waals surface area contributed by atoms with Gasteiger partial charge in [-0.25, -0.2) is 0 Å². The normalized spacial score (nSPS) is 21.0. The summed E-state index contributed by atoms with van der Waals surface area (Å²) in [4.78, 5) is 14.8. The van der Waals surface area contributed by atoms with Crippen LogP contribution in [0.3, 0.4) is 0 Å². The lowest BCUT2D eigenvalue weighted by Crippen LogP contribution is -2.45. The van der Waals surface area contributed by atoms with Crippen LogP contribution in [0.5, 0.6) is 11.5 Å². The molecule has 1 N–H and O–H groups in total. The number of rotatable bonds is 2. The third-order valence-corrected chi connectivity index (χ3v) is 5.65. The Morgan fingerprint density at radius 2 is 2.08 bits per heavy atom. The Morgan fingerprint density at radius 1 is 1.28 bits per heavy atom. The average molecular weight is 365 g/mol. The van der Waals surface area contributed by atoms with Crippen molar-refractivity contribution in [2.75, 3.05) is 39.9 Å². The predicted molar refractivity (Wildman–Crippen MR) is 99.4 cm³/mol. The molecule has 0 radical (unpaired) electrons. The highest BCUT2D eigenvalue weighted by atomic mass is 35.5. The Bertz CT molecular complexity index is 673. The Kier molecular flexibility index (Phi) is 5.25. The van der Waals surface area contributed by atoms with E-state index in [2.05, 4.69) is 5.32 Å². The topological polar surface area (TPSA) is 50.8 Å². The molecule has 2 saturated heterocycles. The molecule has 3 aliphatic heterocycles. The molecule has 0 unspecified atom stereocenters. The summed E-state index contributed by atoms with van der Waals surface area (Å²) in [6, 6.07) is 5.68. The van der Waals surface area contributed by atoms with Gasteiger partial charge in [-0.05, 0) is 55.5 Å². The van der Waals surface area contributed by atoms with Crippen molar-refractivity contribution in [3.8, 4) is 11.5 Å². The van der Waals surface area contributed by atoms with Crippen molar-refractivity contribution < 1.29 is 14.3 Å². The van der Waals surface area contributed by atoms with E-state index in [1.54, 1.807) is 7.11 Å². The quantitative estimate of drug-likeness (QED) is 0.876. The van der Waals surface area contributed by atoms with Gasteiger partial charge in [0.2, 0.25) is 0 Å². The molecule has 3 heterocycles. The van der Waals surface area contributed by atoms with Crippen LogP contribution >= 0.6 is 12.4 Å². The molecule has 136 valence electrons. The molecule has 5 nitrogen and oxygen atoms in total. The van der Waals surface area contributed by atoms with Crippen LogP contribution in [0.15, 0.2) is 23.8 Å². The Morgan fingerprint density at radius 3 is 2.76 bits per heavy atom. The van der Waals surface area contributed by atoms with Gasteiger partial charge in [-0.2, -0.15) is 0 Å². The van der Waals surface area contributed by atoms with Crippen LogP contribution < -0.4 is 14.8 Å². The van der Waals surface area contributed by atoms with E-state index in [1.807, 2.05) is 29.2 Å². The zero-order chi connectivity index (χ0) is 16.6. The summed E-state index contributed by atoms with van der Waals surface area (Å²) in [6.45, 7) is 4.27. The van der Waals surface area contributed by atoms with Crippen LogP contribution in [0, 0.1) is 5.41 Å². The highest BCUT2D eigenvalue weighted by Gasteiger charge is 2.38. The minimum atomic E-state index is 0. The number of fused-ring (bicyclic) bond motifs is 1. The van der Waals surface area contributed by atoms with Crippen LogP contribution in [-0.4, -0.2) is 50.7 Å². The molecular formula is C19H25ClN2O3. The zero-order valence-corrected chi connectivity index (χ0v) is 15.4. The van der Waals surface area contributed by atoms with Gasteiger partial charge >= 0.3 is 0 Å². The molecule has 1 aromatic rings. The van der Waals surface area contributed by atoms with Gasteiger partial charge in [0.15, 0.2) is 0 Å². The molecule has 0 bridgehead atoms. The van der Waals surface area contributed by atoms with Crippen LogP contribution in [0.1, 0.15) is 24.8 Å². The smallest absolute Gasteiger partial charge is 0.253 e. The molecule has 3 aliphatic rings. The number of hydrogen-bond donors (Lipinski definition) is 1. The lowest BCUT2D eigenvalue weighted by atomic mass is 9.77. The second kappa shape index (κ2) is 7.26. The lowest BCUT2D eigenvalue weighted by molar-refractivity contribution is -0.129. The molecule has 0 saturated carbocycles. The summed E-state index contributed by atoms with van der Waals surface area (Å²) >= 11 is 0. The van der Waals surface area contributed by atoms with Gasteiger partial charge in [-0.3, -0.25) is 4.79 Å². The van der Waals surface area contributed by atoms with Crippen LogP contribution in [0.25, 0.3) is 6.08 Å². The summed E-state index contributed by atoms with van der Waals surface area (Å²) in [6.07, 6.45) is 5.40. The minimum absolute atomic E-state index is 0. The maximum Gasteiger partial charge on any atom is 0.253 e. The molecule has 0 aromatic heterocycles. The number of carbonyl (C=O) groups excluding carboxylic acids is 1. The molecule has 0 aliphatic carbocycles. The van der Waals surface area contributed by atoms with Crippen LogP contribution in [0.2, 0.25) is 0 Å². The number of likely N-dealkylation sites (tertiary alicyclic amines) is 1. The number of halogens is 1. The van der Waals surface area contributed by atoms with E-state index in [-0.39, 0.29) is 18.3 Å². The molecule has 1 amide bonds. The summed E-state index contributed by atoms with van der Waals surface area (Å²) in [5.41, 5.74) is 2.07. The van der Waals surface area contributed by atoms with E-state index in [4.69, 9.17) is 9.47 Å². The first-order chi connectivity index (χ1) is 11.7. The standard InChI is InChI=1S/C19H24N2O3.ClH/c1-23-16-2-3-17-14(11-16)10-15(12-24-17)18(22)21-8-5-19(6-9-21)4-7-20-13-19;/h2-3,10-11,20H,4-9,12-13H2,1H3;1H. The maximum absolute atomic E-state index is 12.9. The van der Waals surface area contributed by atoms with E-state index in [0.29, 0.717) is 12.0 Å². The van der Waals surface area contributed by atoms with Crippen LogP contribution in [0.4, 0.5) is 0 Å². The van der Waals surface area contributed by atoms with Gasteiger partial charge in [0, 0.05) is 25.2 Å². The predicted octanol–water partition coefficient (Wildman–Crippen LogP) is 2.49. The highest BCUT2D eigenvalue weighted by Crippen LogP contribution is 2.37. The van der Waals surface area contributed by atoms with Crippen molar-refractivity contribution in [2.45, 2.75) is 19.3 Å². The third kappa shape index (κ3) is 3.48. The Hall–Kier alpha value is -1.72. The molecule has 6 heteroatoms. The first-order valence-electron chi connectivity index (χ1n) is 8.71. The molecule has 25 heavy (non-hydrogen) atoms. The van der Waals surface area contributed by atoms with Gasteiger partial charge < -0.3 is 19.7 Å². The van der Waals surface area contributed by atoms with Crippen molar-refractivity contribution in [3.63, 3.8) is 0 Å². The number of nitrogens with zero attached hydrogens (tertiary/aromatic N) is 1. The first kappa shape index (κ1) is 18.1. The second-order valence-corrected chi connectivity index (χ2v) is 7.08. The number of piperidine rings is 1. The van der Waals surface area contributed by atoms with E-state index < -0.39 is 0 Å². The van der Waals surface area contributed by atoms with Gasteiger partial charge in [0.1, 0.15) is 18.1 Å². The highest BCUT2D eigenvalue weighted by molar-refractivity contribution is 5.99. The SMILES string of the molecule is COc1ccc2c(c1)C=C(C(=O)N1CCC3(CCNC3)CC1)CO2.Cl. The number of benzene rings is 1. The van der Waals surface area contributed by atoms with Crippen molar-refractivity contribution in [1.82, 2.24) is 10.2 Å². The van der Waals surface area contributed by atoms with Crippen molar-refractivity contribution in [3.05, 3.63) is 29.3 Å². The maximum atomic E-state index is 12.9. The average Bonchev–Trinajstić information content (AvgIpc) is 3.09. The van der Waals surface area contributed by atoms with E-state index in [9.17, 15) is 4.79 Å². The summed E-state index contributed by atoms with van der Waals surface area (Å²) in [5.74, 6) is 1.70. The molecule has 1 aromatic carbocycles. The summed E-state index contributed by atoms with van der Waals surface area (Å²) in [7, 11) is 1.64. The summed E-state index contributed by atoms with van der Waals surface area (Å²) < 4.78 is 11.0. The number of ether oxygens (including phenoxy) is 2. The van der Waals surface area contributed by atoms with Gasteiger partial charge in [0.05, 0.1) is 12.7 Å². The monoisotopic (exact) mass is 364 g/mol. The van der Waals surface area contributed by atoms with Crippen LogP contribution in [-0.2, 0) is 4.79 Å². The third-order valence-electron chi connectivity index (χ3n) is 5.65. The molecule has 4 rings (SSSR count). The zero-order valence-electron chi connectivity index (χ0n) is 14.5. The summed E-state index contributed by atoms with van der Waals surface area (Å²) in [5, 5.41) is 3.47. The Balaban J connectivity index is 0.00000182. The number of nitrogens with one attached hydrogen (secondary N) is 1. The second-order valence-electron chi connectivity index (χ2n) is 7.08. The van der Waals surface area contributed by atoms with Gasteiger partial charge in [-0.15, -0.1) is 12.4 Å². The largest absolute Gasteiger partial charge is 0.497 e. The van der Waals surface area contributed by atoms with Crippen molar-refractivity contribution in [2.24, 2.45) is 5.41 Å². The number of amides is 1. The fourth-order valence-electron chi connectivity index (χ4n) is 4.02. The van der Waals surface area contributed by atoms with E-state index in [0.717, 1.165) is 61.7 Å². The number of carbonyl (C=O) groups is 1. The molecule has 1 spiro atoms. The number of methoxy groups -OCH3 is 1. The minimum Gasteiger partial charge on any atom is -0.497 e. The van der Waals surface area contributed by atoms with Crippen molar-refractivity contribution in [1.29, 1.82) is 0 Å². The molecule has 2 fully saturated rings. The van der Waals surface area contributed by atoms with Gasteiger partial charge in [-0.1, -0.05) is 0 Å². The van der Waals surface area contributed by atoms with Crippen molar-refractivity contribution >= 4 is 24.4 Å². The van der Waals surface area contributed by atoms with E-state index in [1.165, 1.54) is 6.42 Å². The Labute approximate surface area is 154 Å². The molecule has 0 atom stereocenters. The van der Waals surface area contributed by atoms with E-state index >= 15 is 0 Å². The fourth-order valence-corrected chi connectivity index (χ4v) is 4.02. The lowest BCUT2D eigenvalue weighted by Gasteiger charge is -2.39. The number of hydrogen-bond acceptors (Lipinski definition) is 4. The van der Waals surface area contributed by atoms with Gasteiger partial charge in [0.25, 0.3) is 5.91 Å². The fraction of sp³-hybridized carbons (Fsp3) is 0.526. The molecular weight excluding hydrogens is 340 g/mol.